The highest BCUT2D eigenvalue weighted by Gasteiger charge is 2.51. The van der Waals surface area contributed by atoms with Crippen molar-refractivity contribution in [2.75, 3.05) is 13.2 Å². The Kier molecular flexibility index (Phi) is 6.31. The molecule has 0 rings (SSSR count). The normalized spacial score (nSPS) is 14.1. The van der Waals surface area contributed by atoms with Crippen LogP contribution < -0.4 is 0 Å². The third-order valence-corrected chi connectivity index (χ3v) is 4.51. The Bertz CT molecular complexity index is 194. The molecule has 0 aromatic carbocycles. The average Bonchev–Trinajstić information content (AvgIpc) is 1.96. The first-order chi connectivity index (χ1) is 7.54. The van der Waals surface area contributed by atoms with Gasteiger partial charge in [0.1, 0.15) is 0 Å². The Morgan fingerprint density at radius 1 is 0.706 bits per heavy atom. The van der Waals surface area contributed by atoms with Gasteiger partial charge in [-0.05, 0) is 55.4 Å². The van der Waals surface area contributed by atoms with Crippen LogP contribution >= 0.6 is 0 Å². The lowest BCUT2D eigenvalue weighted by molar-refractivity contribution is -0.105. The highest BCUT2D eigenvalue weighted by atomic mass is 28.4. The lowest BCUT2D eigenvalue weighted by Crippen LogP contribution is -2.56. The molecule has 4 nitrogen and oxygen atoms in total. The van der Waals surface area contributed by atoms with Crippen LogP contribution in [-0.2, 0) is 17.7 Å². The van der Waals surface area contributed by atoms with Crippen LogP contribution in [0.15, 0.2) is 0 Å². The predicted octanol–water partition coefficient (Wildman–Crippen LogP) is 3.13. The Labute approximate surface area is 107 Å². The summed E-state index contributed by atoms with van der Waals surface area (Å²) in [7, 11) is -3.07. The first-order valence-corrected chi connectivity index (χ1v) is 7.85. The molecule has 0 unspecified atom stereocenters. The fourth-order valence-corrected chi connectivity index (χ4v) is 3.85. The van der Waals surface area contributed by atoms with Gasteiger partial charge in [0, 0.05) is 13.2 Å². The molecule has 0 aliphatic carbocycles. The molecular formula is C12H28O4Si. The average molecular weight is 264 g/mol. The summed E-state index contributed by atoms with van der Waals surface area (Å²) in [5, 5.41) is 0. The minimum absolute atomic E-state index is 0.359. The van der Waals surface area contributed by atoms with Crippen molar-refractivity contribution in [3.8, 4) is 0 Å². The smallest absolute Gasteiger partial charge is 0.351 e. The van der Waals surface area contributed by atoms with E-state index in [0.717, 1.165) is 0 Å². The summed E-state index contributed by atoms with van der Waals surface area (Å²) in [6.45, 7) is 16.7. The second-order valence-corrected chi connectivity index (χ2v) is 7.78. The van der Waals surface area contributed by atoms with E-state index in [-0.39, 0.29) is 11.2 Å². The van der Waals surface area contributed by atoms with Crippen LogP contribution in [0.4, 0.5) is 0 Å². The molecule has 0 saturated carbocycles. The highest BCUT2D eigenvalue weighted by molar-refractivity contribution is 6.53. The predicted molar refractivity (Wildman–Crippen MR) is 70.7 cm³/mol. The molecule has 0 aliphatic rings. The Balaban J connectivity index is 4.97. The van der Waals surface area contributed by atoms with E-state index in [1.54, 1.807) is 0 Å². The molecule has 0 aromatic rings. The van der Waals surface area contributed by atoms with E-state index in [2.05, 4.69) is 0 Å². The van der Waals surface area contributed by atoms with Gasteiger partial charge in [0.25, 0.3) is 0 Å². The van der Waals surface area contributed by atoms with Gasteiger partial charge in [0.2, 0.25) is 0 Å². The van der Waals surface area contributed by atoms with Crippen LogP contribution in [0.25, 0.3) is 0 Å². The quantitative estimate of drug-likeness (QED) is 0.691. The molecule has 0 aromatic heterocycles. The van der Waals surface area contributed by atoms with Gasteiger partial charge in [0.05, 0.1) is 11.2 Å². The van der Waals surface area contributed by atoms with Crippen molar-refractivity contribution in [1.82, 2.24) is 0 Å². The van der Waals surface area contributed by atoms with E-state index >= 15 is 0 Å². The van der Waals surface area contributed by atoms with Crippen LogP contribution in [0.2, 0.25) is 0 Å². The Hall–Kier alpha value is 0.0569. The summed E-state index contributed by atoms with van der Waals surface area (Å²) in [5.41, 5.74) is -0.719. The summed E-state index contributed by atoms with van der Waals surface area (Å²) in [5.74, 6) is 0. The van der Waals surface area contributed by atoms with Crippen molar-refractivity contribution >= 4 is 9.05 Å². The minimum Gasteiger partial charge on any atom is -0.351 e. The maximum Gasteiger partial charge on any atom is 0.680 e. The zero-order valence-corrected chi connectivity index (χ0v) is 13.5. The standard InChI is InChI=1S/C12H28O4Si/c1-9-13-17(14-10-2,15-11(3,4)5)16-12(6,7)8/h9-10H2,1-8H3. The fraction of sp³-hybridized carbons (Fsp3) is 1.00. The summed E-state index contributed by atoms with van der Waals surface area (Å²) >= 11 is 0. The fourth-order valence-electron chi connectivity index (χ4n) is 1.28. The molecule has 0 spiro atoms. The van der Waals surface area contributed by atoms with E-state index in [0.29, 0.717) is 13.2 Å². The second-order valence-electron chi connectivity index (χ2n) is 5.79. The van der Waals surface area contributed by atoms with E-state index in [4.69, 9.17) is 17.7 Å². The van der Waals surface area contributed by atoms with E-state index in [9.17, 15) is 0 Å². The van der Waals surface area contributed by atoms with Gasteiger partial charge in [-0.3, -0.25) is 0 Å². The molecule has 0 aliphatic heterocycles. The van der Waals surface area contributed by atoms with Crippen LogP contribution in [0, 0.1) is 0 Å². The lowest BCUT2D eigenvalue weighted by Gasteiger charge is -2.37. The molecule has 104 valence electrons. The van der Waals surface area contributed by atoms with Crippen molar-refractivity contribution in [2.24, 2.45) is 0 Å². The number of hydrogen-bond acceptors (Lipinski definition) is 4. The molecule has 0 N–H and O–H groups in total. The minimum atomic E-state index is -3.07. The lowest BCUT2D eigenvalue weighted by atomic mass is 10.2. The summed E-state index contributed by atoms with van der Waals surface area (Å²) < 4.78 is 23.3. The number of rotatable bonds is 6. The van der Waals surface area contributed by atoms with Crippen LogP contribution in [0.3, 0.4) is 0 Å². The Morgan fingerprint density at radius 2 is 1.00 bits per heavy atom. The molecule has 17 heavy (non-hydrogen) atoms. The van der Waals surface area contributed by atoms with Crippen molar-refractivity contribution in [2.45, 2.75) is 66.6 Å². The molecule has 5 heteroatoms. The van der Waals surface area contributed by atoms with Crippen molar-refractivity contribution in [1.29, 1.82) is 0 Å². The monoisotopic (exact) mass is 264 g/mol. The van der Waals surface area contributed by atoms with Gasteiger partial charge in [-0.1, -0.05) is 0 Å². The van der Waals surface area contributed by atoms with Crippen molar-refractivity contribution in [3.05, 3.63) is 0 Å². The Morgan fingerprint density at radius 3 is 1.18 bits per heavy atom. The molecule has 0 radical (unpaired) electrons. The van der Waals surface area contributed by atoms with Crippen molar-refractivity contribution in [3.63, 3.8) is 0 Å². The zero-order chi connectivity index (χ0) is 13.7. The van der Waals surface area contributed by atoms with Crippen molar-refractivity contribution < 1.29 is 17.7 Å². The third-order valence-electron chi connectivity index (χ3n) is 1.50. The summed E-state index contributed by atoms with van der Waals surface area (Å²) in [4.78, 5) is 0. The van der Waals surface area contributed by atoms with E-state index < -0.39 is 9.05 Å². The molecule has 0 fully saturated rings. The SMILES string of the molecule is CCO[Si](OCC)(OC(C)(C)C)OC(C)(C)C. The maximum atomic E-state index is 5.95. The molecule has 0 amide bonds. The topological polar surface area (TPSA) is 36.9 Å². The van der Waals surface area contributed by atoms with Crippen LogP contribution in [-0.4, -0.2) is 33.5 Å². The number of hydrogen-bond donors (Lipinski definition) is 0. The second kappa shape index (κ2) is 6.29. The van der Waals surface area contributed by atoms with Gasteiger partial charge in [-0.15, -0.1) is 0 Å². The molecule has 0 bridgehead atoms. The first kappa shape index (κ1) is 17.1. The molecule has 0 saturated heterocycles. The van der Waals surface area contributed by atoms with E-state index in [1.165, 1.54) is 0 Å². The molecule has 0 atom stereocenters. The van der Waals surface area contributed by atoms with Gasteiger partial charge in [-0.25, -0.2) is 0 Å². The van der Waals surface area contributed by atoms with Crippen LogP contribution in [0.1, 0.15) is 55.4 Å². The first-order valence-electron chi connectivity index (χ1n) is 6.22. The van der Waals surface area contributed by atoms with Gasteiger partial charge < -0.3 is 17.7 Å². The summed E-state index contributed by atoms with van der Waals surface area (Å²) in [6.07, 6.45) is 0. The van der Waals surface area contributed by atoms with Crippen LogP contribution in [0.5, 0.6) is 0 Å². The van der Waals surface area contributed by atoms with Gasteiger partial charge in [-0.2, -0.15) is 0 Å². The third kappa shape index (κ3) is 7.89. The maximum absolute atomic E-state index is 5.95. The van der Waals surface area contributed by atoms with Gasteiger partial charge >= 0.3 is 9.05 Å². The molecule has 0 heterocycles. The van der Waals surface area contributed by atoms with E-state index in [1.807, 2.05) is 55.4 Å². The largest absolute Gasteiger partial charge is 0.680 e. The summed E-state index contributed by atoms with van der Waals surface area (Å²) in [6, 6.07) is 0. The van der Waals surface area contributed by atoms with Gasteiger partial charge in [0.15, 0.2) is 0 Å². The highest BCUT2D eigenvalue weighted by Crippen LogP contribution is 2.25. The zero-order valence-electron chi connectivity index (χ0n) is 12.5. The molecular weight excluding hydrogens is 236 g/mol.